The monoisotopic (exact) mass is 286 g/mol. The van der Waals surface area contributed by atoms with E-state index in [2.05, 4.69) is 28.5 Å². The summed E-state index contributed by atoms with van der Waals surface area (Å²) < 4.78 is 9.77. The van der Waals surface area contributed by atoms with Crippen molar-refractivity contribution < 1.29 is 14.3 Å². The van der Waals surface area contributed by atoms with Crippen LogP contribution >= 0.6 is 11.3 Å². The number of carbonyl (C=O) groups is 1. The van der Waals surface area contributed by atoms with Crippen LogP contribution in [-0.2, 0) is 20.7 Å². The van der Waals surface area contributed by atoms with E-state index in [-0.39, 0.29) is 12.4 Å². The van der Waals surface area contributed by atoms with Gasteiger partial charge in [-0.1, -0.05) is 13.8 Å². The van der Waals surface area contributed by atoms with Gasteiger partial charge >= 0.3 is 5.97 Å². The van der Waals surface area contributed by atoms with Crippen molar-refractivity contribution in [2.24, 2.45) is 5.92 Å². The Labute approximate surface area is 118 Å². The van der Waals surface area contributed by atoms with Crippen LogP contribution in [0.4, 0.5) is 5.13 Å². The van der Waals surface area contributed by atoms with E-state index in [1.807, 2.05) is 5.38 Å². The second-order valence-electron chi connectivity index (χ2n) is 4.71. The molecule has 0 atom stereocenters. The summed E-state index contributed by atoms with van der Waals surface area (Å²) in [7, 11) is 3.08. The molecule has 1 aromatic heterocycles. The lowest BCUT2D eigenvalue weighted by molar-refractivity contribution is -0.139. The maximum atomic E-state index is 11.2. The lowest BCUT2D eigenvalue weighted by Gasteiger charge is -2.23. The molecule has 0 amide bonds. The highest BCUT2D eigenvalue weighted by Crippen LogP contribution is 2.22. The number of hydrogen-bond donors (Lipinski definition) is 0. The van der Waals surface area contributed by atoms with Crippen molar-refractivity contribution in [3.8, 4) is 0 Å². The van der Waals surface area contributed by atoms with Crippen LogP contribution in [0, 0.1) is 5.92 Å². The molecule has 0 aliphatic carbocycles. The molecular weight excluding hydrogens is 264 g/mol. The van der Waals surface area contributed by atoms with Crippen molar-refractivity contribution in [1.82, 2.24) is 4.98 Å². The summed E-state index contributed by atoms with van der Waals surface area (Å²) in [6, 6.07) is 0. The summed E-state index contributed by atoms with van der Waals surface area (Å²) in [6.07, 6.45) is 0.229. The zero-order chi connectivity index (χ0) is 14.3. The lowest BCUT2D eigenvalue weighted by atomic mass is 10.2. The third-order valence-corrected chi connectivity index (χ3v) is 3.46. The van der Waals surface area contributed by atoms with Gasteiger partial charge in [-0.25, -0.2) is 4.98 Å². The van der Waals surface area contributed by atoms with Crippen LogP contribution in [-0.4, -0.2) is 44.9 Å². The van der Waals surface area contributed by atoms with E-state index in [0.717, 1.165) is 23.9 Å². The Morgan fingerprint density at radius 3 is 2.79 bits per heavy atom. The minimum atomic E-state index is -0.260. The van der Waals surface area contributed by atoms with E-state index in [1.165, 1.54) is 7.11 Å². The zero-order valence-corrected chi connectivity index (χ0v) is 12.8. The van der Waals surface area contributed by atoms with Gasteiger partial charge in [0.2, 0.25) is 0 Å². The van der Waals surface area contributed by atoms with Gasteiger partial charge in [0.05, 0.1) is 25.8 Å². The number of carbonyl (C=O) groups excluding carboxylic acids is 1. The number of esters is 1. The van der Waals surface area contributed by atoms with Gasteiger partial charge in [-0.2, -0.15) is 0 Å². The van der Waals surface area contributed by atoms with Crippen molar-refractivity contribution in [2.45, 2.75) is 20.3 Å². The quantitative estimate of drug-likeness (QED) is 0.684. The van der Waals surface area contributed by atoms with Crippen molar-refractivity contribution in [2.75, 3.05) is 38.8 Å². The molecule has 0 spiro atoms. The molecule has 6 heteroatoms. The average Bonchev–Trinajstić information content (AvgIpc) is 2.82. The Balaban J connectivity index is 2.70. The third-order valence-electron chi connectivity index (χ3n) is 2.51. The molecule has 1 aromatic rings. The molecular formula is C13H22N2O3S. The van der Waals surface area contributed by atoms with Gasteiger partial charge in [0.15, 0.2) is 5.13 Å². The Kier molecular flexibility index (Phi) is 6.80. The Bertz CT molecular complexity index is 393. The summed E-state index contributed by atoms with van der Waals surface area (Å²) in [4.78, 5) is 17.9. The van der Waals surface area contributed by atoms with E-state index >= 15 is 0 Å². The molecule has 0 aliphatic heterocycles. The van der Waals surface area contributed by atoms with Crippen LogP contribution in [0.15, 0.2) is 5.38 Å². The highest BCUT2D eigenvalue weighted by Gasteiger charge is 2.14. The first-order valence-corrected chi connectivity index (χ1v) is 7.19. The van der Waals surface area contributed by atoms with Crippen molar-refractivity contribution >= 4 is 22.4 Å². The number of rotatable bonds is 8. The Hall–Kier alpha value is -1.14. The van der Waals surface area contributed by atoms with E-state index in [1.54, 1.807) is 18.4 Å². The second-order valence-corrected chi connectivity index (χ2v) is 5.54. The fraction of sp³-hybridized carbons (Fsp3) is 0.692. The van der Waals surface area contributed by atoms with E-state index in [9.17, 15) is 4.79 Å². The molecule has 0 aromatic carbocycles. The highest BCUT2D eigenvalue weighted by atomic mass is 32.1. The predicted molar refractivity (Wildman–Crippen MR) is 76.8 cm³/mol. The number of methoxy groups -OCH3 is 2. The van der Waals surface area contributed by atoms with Gasteiger partial charge in [-0.05, 0) is 5.92 Å². The van der Waals surface area contributed by atoms with Crippen LogP contribution in [0.25, 0.3) is 0 Å². The molecule has 5 nitrogen and oxygen atoms in total. The van der Waals surface area contributed by atoms with Crippen LogP contribution in [0.3, 0.4) is 0 Å². The molecule has 0 radical (unpaired) electrons. The maximum Gasteiger partial charge on any atom is 0.311 e. The highest BCUT2D eigenvalue weighted by molar-refractivity contribution is 7.13. The predicted octanol–water partition coefficient (Wildman–Crippen LogP) is 1.97. The maximum absolute atomic E-state index is 11.2. The number of ether oxygens (including phenoxy) is 2. The summed E-state index contributed by atoms with van der Waals surface area (Å²) >= 11 is 1.55. The third kappa shape index (κ3) is 5.57. The molecule has 0 fully saturated rings. The van der Waals surface area contributed by atoms with Crippen molar-refractivity contribution in [3.05, 3.63) is 11.1 Å². The molecule has 0 unspecified atom stereocenters. The van der Waals surface area contributed by atoms with E-state index in [4.69, 9.17) is 4.74 Å². The number of thiazole rings is 1. The summed E-state index contributed by atoms with van der Waals surface area (Å²) in [5.41, 5.74) is 0.762. The molecule has 0 N–H and O–H groups in total. The standard InChI is InChI=1S/C13H22N2O3S/c1-10(2)8-15(5-6-17-3)13-14-11(9-19-13)7-12(16)18-4/h9-10H,5-8H2,1-4H3. The zero-order valence-electron chi connectivity index (χ0n) is 12.0. The van der Waals surface area contributed by atoms with Crippen molar-refractivity contribution in [3.63, 3.8) is 0 Å². The first kappa shape index (κ1) is 15.9. The van der Waals surface area contributed by atoms with Gasteiger partial charge in [0, 0.05) is 25.6 Å². The minimum Gasteiger partial charge on any atom is -0.469 e. The normalized spacial score (nSPS) is 10.8. The smallest absolute Gasteiger partial charge is 0.311 e. The molecule has 1 rings (SSSR count). The van der Waals surface area contributed by atoms with E-state index in [0.29, 0.717) is 12.5 Å². The number of anilines is 1. The first-order chi connectivity index (χ1) is 9.06. The minimum absolute atomic E-state index is 0.229. The summed E-state index contributed by atoms with van der Waals surface area (Å²) in [5, 5.41) is 2.84. The molecule has 108 valence electrons. The van der Waals surface area contributed by atoms with Crippen LogP contribution in [0.5, 0.6) is 0 Å². The SMILES string of the molecule is COCCN(CC(C)C)c1nc(CC(=O)OC)cs1. The fourth-order valence-electron chi connectivity index (χ4n) is 1.65. The van der Waals surface area contributed by atoms with Crippen LogP contribution in [0.1, 0.15) is 19.5 Å². The number of aromatic nitrogens is 1. The number of nitrogens with zero attached hydrogens (tertiary/aromatic N) is 2. The molecule has 19 heavy (non-hydrogen) atoms. The van der Waals surface area contributed by atoms with Gasteiger partial charge < -0.3 is 14.4 Å². The molecule has 0 bridgehead atoms. The van der Waals surface area contributed by atoms with E-state index < -0.39 is 0 Å². The Morgan fingerprint density at radius 1 is 1.47 bits per heavy atom. The van der Waals surface area contributed by atoms with Crippen LogP contribution < -0.4 is 4.90 Å². The van der Waals surface area contributed by atoms with Gasteiger partial charge in [-0.15, -0.1) is 11.3 Å². The Morgan fingerprint density at radius 2 is 2.21 bits per heavy atom. The molecule has 1 heterocycles. The fourth-order valence-corrected chi connectivity index (χ4v) is 2.51. The largest absolute Gasteiger partial charge is 0.469 e. The lowest BCUT2D eigenvalue weighted by Crippen LogP contribution is -2.30. The molecule has 0 saturated heterocycles. The summed E-state index contributed by atoms with van der Waals surface area (Å²) in [6.45, 7) is 6.73. The molecule has 0 aliphatic rings. The summed E-state index contributed by atoms with van der Waals surface area (Å²) in [5.74, 6) is 0.286. The number of hydrogen-bond acceptors (Lipinski definition) is 6. The average molecular weight is 286 g/mol. The topological polar surface area (TPSA) is 51.7 Å². The van der Waals surface area contributed by atoms with Gasteiger partial charge in [0.1, 0.15) is 0 Å². The van der Waals surface area contributed by atoms with Crippen LogP contribution in [0.2, 0.25) is 0 Å². The second kappa shape index (κ2) is 8.12. The van der Waals surface area contributed by atoms with Crippen molar-refractivity contribution in [1.29, 1.82) is 0 Å². The first-order valence-electron chi connectivity index (χ1n) is 6.32. The van der Waals surface area contributed by atoms with Gasteiger partial charge in [-0.3, -0.25) is 4.79 Å². The molecule has 0 saturated carbocycles. The van der Waals surface area contributed by atoms with Gasteiger partial charge in [0.25, 0.3) is 0 Å².